The van der Waals surface area contributed by atoms with Crippen LogP contribution in [-0.4, -0.2) is 45.2 Å². The van der Waals surface area contributed by atoms with E-state index in [1.54, 1.807) is 7.05 Å². The molecule has 0 rings (SSSR count). The number of hydrogen-bond donors (Lipinski definition) is 1. The van der Waals surface area contributed by atoms with Crippen molar-refractivity contribution in [2.75, 3.05) is 26.9 Å². The molecular weight excluding hydrogens is 211 g/mol. The van der Waals surface area contributed by atoms with Crippen molar-refractivity contribution < 1.29 is 22.6 Å². The van der Waals surface area contributed by atoms with E-state index in [1.807, 2.05) is 13.8 Å². The summed E-state index contributed by atoms with van der Waals surface area (Å²) < 4.78 is 45.0. The van der Waals surface area contributed by atoms with E-state index in [0.717, 1.165) is 0 Å². The third-order valence-corrected chi connectivity index (χ3v) is 1.62. The van der Waals surface area contributed by atoms with Gasteiger partial charge >= 0.3 is 6.18 Å². The minimum atomic E-state index is -4.27. The van der Waals surface area contributed by atoms with E-state index in [-0.39, 0.29) is 18.8 Å². The molecule has 0 aromatic carbocycles. The summed E-state index contributed by atoms with van der Waals surface area (Å²) in [4.78, 5) is 0. The maximum atomic E-state index is 11.7. The van der Waals surface area contributed by atoms with Gasteiger partial charge in [0, 0.05) is 0 Å². The Balaban J connectivity index is 3.62. The standard InChI is InChI=1S/C9H18F3NO2/c1-7(2)15-5-8(13-3)4-14-6-9(10,11)12/h7-8,13H,4-6H2,1-3H3. The van der Waals surface area contributed by atoms with Crippen LogP contribution >= 0.6 is 0 Å². The van der Waals surface area contributed by atoms with E-state index in [4.69, 9.17) is 4.74 Å². The van der Waals surface area contributed by atoms with Gasteiger partial charge in [0.1, 0.15) is 6.61 Å². The van der Waals surface area contributed by atoms with Crippen LogP contribution < -0.4 is 5.32 Å². The van der Waals surface area contributed by atoms with Crippen molar-refractivity contribution in [2.24, 2.45) is 0 Å². The fourth-order valence-corrected chi connectivity index (χ4v) is 0.840. The van der Waals surface area contributed by atoms with Crippen LogP contribution in [0.1, 0.15) is 13.8 Å². The molecule has 0 aromatic rings. The van der Waals surface area contributed by atoms with Gasteiger partial charge in [-0.25, -0.2) is 0 Å². The van der Waals surface area contributed by atoms with Crippen LogP contribution in [0.4, 0.5) is 13.2 Å². The fourth-order valence-electron chi connectivity index (χ4n) is 0.840. The van der Waals surface area contributed by atoms with Gasteiger partial charge in [-0.15, -0.1) is 0 Å². The normalized spacial score (nSPS) is 14.6. The number of likely N-dealkylation sites (N-methyl/N-ethyl adjacent to an activating group) is 1. The maximum Gasteiger partial charge on any atom is 0.411 e. The third-order valence-electron chi connectivity index (χ3n) is 1.62. The molecule has 0 aromatic heterocycles. The maximum absolute atomic E-state index is 11.7. The van der Waals surface area contributed by atoms with E-state index in [1.165, 1.54) is 0 Å². The second-order valence-electron chi connectivity index (χ2n) is 3.50. The van der Waals surface area contributed by atoms with Gasteiger partial charge in [0.2, 0.25) is 0 Å². The van der Waals surface area contributed by atoms with Crippen molar-refractivity contribution in [1.29, 1.82) is 0 Å². The molecule has 1 atom stereocenters. The lowest BCUT2D eigenvalue weighted by Gasteiger charge is -2.18. The summed E-state index contributed by atoms with van der Waals surface area (Å²) in [6.07, 6.45) is -4.21. The van der Waals surface area contributed by atoms with Crippen molar-refractivity contribution in [3.05, 3.63) is 0 Å². The highest BCUT2D eigenvalue weighted by Gasteiger charge is 2.27. The Hall–Kier alpha value is -0.330. The molecule has 0 aliphatic rings. The molecule has 0 saturated carbocycles. The average molecular weight is 229 g/mol. The summed E-state index contributed by atoms with van der Waals surface area (Å²) in [5.41, 5.74) is 0. The minimum Gasteiger partial charge on any atom is -0.377 e. The Kier molecular flexibility index (Phi) is 6.87. The van der Waals surface area contributed by atoms with Crippen LogP contribution in [0.25, 0.3) is 0 Å². The van der Waals surface area contributed by atoms with Gasteiger partial charge in [-0.2, -0.15) is 13.2 Å². The molecular formula is C9H18F3NO2. The highest BCUT2D eigenvalue weighted by molar-refractivity contribution is 4.63. The molecule has 0 aliphatic carbocycles. The van der Waals surface area contributed by atoms with E-state index in [9.17, 15) is 13.2 Å². The number of hydrogen-bond acceptors (Lipinski definition) is 3. The van der Waals surface area contributed by atoms with Crippen LogP contribution in [-0.2, 0) is 9.47 Å². The van der Waals surface area contributed by atoms with Crippen LogP contribution in [0.3, 0.4) is 0 Å². The number of rotatable bonds is 7. The van der Waals surface area contributed by atoms with Crippen molar-refractivity contribution in [2.45, 2.75) is 32.2 Å². The summed E-state index contributed by atoms with van der Waals surface area (Å²) in [5.74, 6) is 0. The first kappa shape index (κ1) is 14.7. The summed E-state index contributed by atoms with van der Waals surface area (Å²) in [6.45, 7) is 2.84. The van der Waals surface area contributed by atoms with Crippen LogP contribution in [0.15, 0.2) is 0 Å². The van der Waals surface area contributed by atoms with Crippen molar-refractivity contribution in [1.82, 2.24) is 5.32 Å². The topological polar surface area (TPSA) is 30.5 Å². The summed E-state index contributed by atoms with van der Waals surface area (Å²) in [6, 6.07) is -0.213. The van der Waals surface area contributed by atoms with E-state index < -0.39 is 12.8 Å². The van der Waals surface area contributed by atoms with Crippen molar-refractivity contribution in [3.8, 4) is 0 Å². The Labute approximate surface area is 87.9 Å². The SMILES string of the molecule is CNC(COCC(F)(F)F)COC(C)C. The van der Waals surface area contributed by atoms with Crippen molar-refractivity contribution >= 4 is 0 Å². The molecule has 15 heavy (non-hydrogen) atoms. The van der Waals surface area contributed by atoms with Crippen LogP contribution in [0, 0.1) is 0 Å². The van der Waals surface area contributed by atoms with Gasteiger partial charge in [-0.1, -0.05) is 0 Å². The Bertz CT molecular complexity index is 162. The van der Waals surface area contributed by atoms with Gasteiger partial charge in [0.25, 0.3) is 0 Å². The second kappa shape index (κ2) is 7.03. The summed E-state index contributed by atoms with van der Waals surface area (Å²) in [5, 5.41) is 2.83. The molecule has 0 heterocycles. The molecule has 0 saturated heterocycles. The molecule has 0 fully saturated rings. The fraction of sp³-hybridized carbons (Fsp3) is 1.00. The van der Waals surface area contributed by atoms with Gasteiger partial charge < -0.3 is 14.8 Å². The molecule has 0 bridgehead atoms. The largest absolute Gasteiger partial charge is 0.411 e. The lowest BCUT2D eigenvalue weighted by molar-refractivity contribution is -0.176. The van der Waals surface area contributed by atoms with Gasteiger partial charge in [0.15, 0.2) is 0 Å². The lowest BCUT2D eigenvalue weighted by atomic mass is 10.3. The molecule has 0 amide bonds. The molecule has 1 unspecified atom stereocenters. The highest BCUT2D eigenvalue weighted by atomic mass is 19.4. The van der Waals surface area contributed by atoms with Crippen LogP contribution in [0.5, 0.6) is 0 Å². The summed E-state index contributed by atoms with van der Waals surface area (Å²) >= 11 is 0. The first-order valence-electron chi connectivity index (χ1n) is 4.78. The van der Waals surface area contributed by atoms with Gasteiger partial charge in [0.05, 0.1) is 25.4 Å². The quantitative estimate of drug-likeness (QED) is 0.719. The van der Waals surface area contributed by atoms with E-state index >= 15 is 0 Å². The van der Waals surface area contributed by atoms with Gasteiger partial charge in [-0.05, 0) is 20.9 Å². The first-order chi connectivity index (χ1) is 6.85. The zero-order chi connectivity index (χ0) is 11.9. The molecule has 0 spiro atoms. The predicted molar refractivity (Wildman–Crippen MR) is 50.8 cm³/mol. The van der Waals surface area contributed by atoms with Crippen LogP contribution in [0.2, 0.25) is 0 Å². The summed E-state index contributed by atoms with van der Waals surface area (Å²) in [7, 11) is 1.66. The van der Waals surface area contributed by atoms with Crippen molar-refractivity contribution in [3.63, 3.8) is 0 Å². The molecule has 6 heteroatoms. The lowest BCUT2D eigenvalue weighted by Crippen LogP contribution is -2.37. The highest BCUT2D eigenvalue weighted by Crippen LogP contribution is 2.14. The smallest absolute Gasteiger partial charge is 0.377 e. The molecule has 0 radical (unpaired) electrons. The Morgan fingerprint density at radius 1 is 1.20 bits per heavy atom. The first-order valence-corrected chi connectivity index (χ1v) is 4.78. The Morgan fingerprint density at radius 2 is 1.80 bits per heavy atom. The number of alkyl halides is 3. The monoisotopic (exact) mass is 229 g/mol. The second-order valence-corrected chi connectivity index (χ2v) is 3.50. The zero-order valence-electron chi connectivity index (χ0n) is 9.23. The molecule has 0 aliphatic heterocycles. The Morgan fingerprint density at radius 3 is 2.20 bits per heavy atom. The predicted octanol–water partition coefficient (Wildman–Crippen LogP) is 1.58. The zero-order valence-corrected chi connectivity index (χ0v) is 9.23. The molecule has 1 N–H and O–H groups in total. The number of nitrogens with one attached hydrogen (secondary N) is 1. The van der Waals surface area contributed by atoms with E-state index in [2.05, 4.69) is 10.1 Å². The third kappa shape index (κ3) is 9.96. The average Bonchev–Trinajstić information content (AvgIpc) is 2.08. The number of halogens is 3. The number of ether oxygens (including phenoxy) is 2. The minimum absolute atomic E-state index is 0.0112. The molecule has 3 nitrogen and oxygen atoms in total. The molecule has 92 valence electrons. The van der Waals surface area contributed by atoms with E-state index in [0.29, 0.717) is 6.61 Å². The van der Waals surface area contributed by atoms with Gasteiger partial charge in [-0.3, -0.25) is 0 Å².